The van der Waals surface area contributed by atoms with E-state index in [1.165, 1.54) is 38.5 Å². The van der Waals surface area contributed by atoms with Crippen LogP contribution in [0, 0.1) is 23.1 Å². The van der Waals surface area contributed by atoms with E-state index in [2.05, 4.69) is 5.32 Å². The second kappa shape index (κ2) is 7.97. The van der Waals surface area contributed by atoms with Gasteiger partial charge < -0.3 is 14.8 Å². The van der Waals surface area contributed by atoms with Crippen LogP contribution in [0.4, 0.5) is 10.1 Å². The number of halogens is 1. The van der Waals surface area contributed by atoms with Crippen LogP contribution in [0.2, 0.25) is 0 Å². The fraction of sp³-hybridized carbons (Fsp3) is 0.222. The van der Waals surface area contributed by atoms with E-state index < -0.39 is 17.6 Å². The topological polar surface area (TPSA) is 71.3 Å². The fourth-order valence-corrected chi connectivity index (χ4v) is 2.22. The number of hydrogen-bond acceptors (Lipinski definition) is 4. The molecule has 1 N–H and O–H groups in total. The average molecular weight is 328 g/mol. The Hall–Kier alpha value is -3.07. The van der Waals surface area contributed by atoms with Crippen molar-refractivity contribution in [2.45, 2.75) is 6.42 Å². The number of rotatable bonds is 6. The van der Waals surface area contributed by atoms with Gasteiger partial charge in [0.2, 0.25) is 5.91 Å². The number of hydrogen-bond donors (Lipinski definition) is 1. The molecule has 0 aliphatic carbocycles. The lowest BCUT2D eigenvalue weighted by molar-refractivity contribution is -0.118. The van der Waals surface area contributed by atoms with Crippen LogP contribution in [0.5, 0.6) is 11.5 Å². The first-order chi connectivity index (χ1) is 11.6. The number of carbonyl (C=O) groups excluding carboxylic acids is 1. The zero-order valence-electron chi connectivity index (χ0n) is 13.4. The molecule has 0 radical (unpaired) electrons. The third kappa shape index (κ3) is 4.23. The number of carbonyl (C=O) groups is 1. The number of anilines is 1. The second-order valence-electron chi connectivity index (χ2n) is 5.06. The van der Waals surface area contributed by atoms with Gasteiger partial charge in [0.05, 0.1) is 20.3 Å². The molecule has 2 rings (SSSR count). The van der Waals surface area contributed by atoms with Crippen molar-refractivity contribution in [3.63, 3.8) is 0 Å². The predicted octanol–water partition coefficient (Wildman–Crippen LogP) is 3.16. The van der Waals surface area contributed by atoms with Crippen molar-refractivity contribution in [1.82, 2.24) is 0 Å². The zero-order valence-corrected chi connectivity index (χ0v) is 13.4. The minimum Gasteiger partial charge on any atom is -0.497 e. The quantitative estimate of drug-likeness (QED) is 0.884. The van der Waals surface area contributed by atoms with Crippen LogP contribution in [-0.2, 0) is 11.2 Å². The van der Waals surface area contributed by atoms with Crippen LogP contribution in [0.15, 0.2) is 42.5 Å². The molecule has 24 heavy (non-hydrogen) atoms. The molecule has 1 amide bonds. The van der Waals surface area contributed by atoms with Crippen LogP contribution in [0.1, 0.15) is 5.56 Å². The van der Waals surface area contributed by atoms with E-state index in [1.54, 1.807) is 18.2 Å². The van der Waals surface area contributed by atoms with Gasteiger partial charge in [-0.3, -0.25) is 4.79 Å². The summed E-state index contributed by atoms with van der Waals surface area (Å²) in [5.41, 5.74) is 1.12. The van der Waals surface area contributed by atoms with Crippen molar-refractivity contribution < 1.29 is 18.7 Å². The van der Waals surface area contributed by atoms with E-state index in [4.69, 9.17) is 9.47 Å². The Kier molecular flexibility index (Phi) is 5.74. The molecule has 0 heterocycles. The highest BCUT2D eigenvalue weighted by Crippen LogP contribution is 2.26. The first-order valence-corrected chi connectivity index (χ1v) is 7.24. The molecule has 2 aromatic carbocycles. The van der Waals surface area contributed by atoms with Crippen LogP contribution in [0.3, 0.4) is 0 Å². The maximum absolute atomic E-state index is 12.9. The largest absolute Gasteiger partial charge is 0.497 e. The summed E-state index contributed by atoms with van der Waals surface area (Å²) in [6, 6.07) is 12.5. The number of benzene rings is 2. The van der Waals surface area contributed by atoms with Crippen LogP contribution < -0.4 is 14.8 Å². The zero-order chi connectivity index (χ0) is 17.5. The van der Waals surface area contributed by atoms with E-state index in [1.807, 2.05) is 6.07 Å². The number of nitrogens with one attached hydrogen (secondary N) is 1. The summed E-state index contributed by atoms with van der Waals surface area (Å²) in [5, 5.41) is 11.9. The maximum atomic E-state index is 12.9. The first kappa shape index (κ1) is 17.3. The maximum Gasteiger partial charge on any atom is 0.242 e. The molecular formula is C18H17FN2O3. The minimum atomic E-state index is -0.920. The van der Waals surface area contributed by atoms with E-state index >= 15 is 0 Å². The smallest absolute Gasteiger partial charge is 0.242 e. The Morgan fingerprint density at radius 3 is 2.50 bits per heavy atom. The number of nitriles is 1. The van der Waals surface area contributed by atoms with Gasteiger partial charge in [-0.2, -0.15) is 5.26 Å². The van der Waals surface area contributed by atoms with Crippen molar-refractivity contribution in [3.05, 3.63) is 53.8 Å². The molecule has 124 valence electrons. The molecule has 6 heteroatoms. The molecule has 0 bridgehead atoms. The third-order valence-electron chi connectivity index (χ3n) is 3.50. The van der Waals surface area contributed by atoms with Crippen LogP contribution in [0.25, 0.3) is 0 Å². The Bertz CT molecular complexity index is 754. The SMILES string of the molecule is COc1ccc(OC)c(C[C@@H](C#N)C(=O)Nc2ccc(F)cc2)c1. The summed E-state index contributed by atoms with van der Waals surface area (Å²) in [4.78, 5) is 12.3. The van der Waals surface area contributed by atoms with Crippen LogP contribution in [-0.4, -0.2) is 20.1 Å². The second-order valence-corrected chi connectivity index (χ2v) is 5.06. The molecule has 0 spiro atoms. The number of nitrogens with zero attached hydrogens (tertiary/aromatic N) is 1. The van der Waals surface area contributed by atoms with Crippen molar-refractivity contribution in [2.75, 3.05) is 19.5 Å². The van der Waals surface area contributed by atoms with Crippen LogP contribution >= 0.6 is 0 Å². The summed E-state index contributed by atoms with van der Waals surface area (Å²) in [6.07, 6.45) is 0.171. The minimum absolute atomic E-state index is 0.171. The lowest BCUT2D eigenvalue weighted by Gasteiger charge is -2.14. The Morgan fingerprint density at radius 2 is 1.92 bits per heavy atom. The molecule has 0 unspecified atom stereocenters. The summed E-state index contributed by atoms with van der Waals surface area (Å²) in [5.74, 6) is -0.594. The van der Waals surface area contributed by atoms with Crippen molar-refractivity contribution in [2.24, 2.45) is 5.92 Å². The van der Waals surface area contributed by atoms with Gasteiger partial charge in [-0.15, -0.1) is 0 Å². The third-order valence-corrected chi connectivity index (χ3v) is 3.50. The molecule has 0 aromatic heterocycles. The van der Waals surface area contributed by atoms with Gasteiger partial charge in [0.1, 0.15) is 23.2 Å². The molecule has 0 fully saturated rings. The summed E-state index contributed by atoms with van der Waals surface area (Å²) < 4.78 is 23.3. The van der Waals surface area contributed by atoms with Gasteiger partial charge in [-0.25, -0.2) is 4.39 Å². The standard InChI is InChI=1S/C18H17FN2O3/c1-23-16-7-8-17(24-2)12(10-16)9-13(11-20)18(22)21-15-5-3-14(19)4-6-15/h3-8,10,13H,9H2,1-2H3,(H,21,22)/t13-/m0/s1. The Morgan fingerprint density at radius 1 is 1.21 bits per heavy atom. The Labute approximate surface area is 139 Å². The van der Waals surface area contributed by atoms with Gasteiger partial charge in [-0.05, 0) is 48.0 Å². The van der Waals surface area contributed by atoms with E-state index in [9.17, 15) is 14.4 Å². The lowest BCUT2D eigenvalue weighted by atomic mass is 9.98. The normalized spacial score (nSPS) is 11.2. The van der Waals surface area contributed by atoms with E-state index in [0.717, 1.165) is 0 Å². The van der Waals surface area contributed by atoms with E-state index in [0.29, 0.717) is 22.7 Å². The Balaban J connectivity index is 2.15. The molecule has 0 aliphatic rings. The summed E-state index contributed by atoms with van der Waals surface area (Å²) in [6.45, 7) is 0. The highest BCUT2D eigenvalue weighted by molar-refractivity contribution is 5.94. The average Bonchev–Trinajstić information content (AvgIpc) is 2.61. The van der Waals surface area contributed by atoms with Gasteiger partial charge in [0.15, 0.2) is 0 Å². The molecule has 0 saturated heterocycles. The van der Waals surface area contributed by atoms with Gasteiger partial charge in [-0.1, -0.05) is 0 Å². The number of amides is 1. The lowest BCUT2D eigenvalue weighted by Crippen LogP contribution is -2.23. The van der Waals surface area contributed by atoms with Gasteiger partial charge in [0, 0.05) is 12.1 Å². The molecule has 0 saturated carbocycles. The first-order valence-electron chi connectivity index (χ1n) is 7.24. The van der Waals surface area contributed by atoms with Gasteiger partial charge >= 0.3 is 0 Å². The molecule has 1 atom stereocenters. The molecule has 0 aliphatic heterocycles. The molecule has 2 aromatic rings. The highest BCUT2D eigenvalue weighted by Gasteiger charge is 2.21. The van der Waals surface area contributed by atoms with E-state index in [-0.39, 0.29) is 6.42 Å². The molecular weight excluding hydrogens is 311 g/mol. The van der Waals surface area contributed by atoms with Crippen molar-refractivity contribution in [3.8, 4) is 17.6 Å². The molecule has 5 nitrogen and oxygen atoms in total. The number of ether oxygens (including phenoxy) is 2. The summed E-state index contributed by atoms with van der Waals surface area (Å²) >= 11 is 0. The monoisotopic (exact) mass is 328 g/mol. The predicted molar refractivity (Wildman–Crippen MR) is 87.4 cm³/mol. The number of methoxy groups -OCH3 is 2. The van der Waals surface area contributed by atoms with Crippen molar-refractivity contribution >= 4 is 11.6 Å². The summed E-state index contributed by atoms with van der Waals surface area (Å²) in [7, 11) is 3.06. The van der Waals surface area contributed by atoms with Gasteiger partial charge in [0.25, 0.3) is 0 Å². The highest BCUT2D eigenvalue weighted by atomic mass is 19.1. The fourth-order valence-electron chi connectivity index (χ4n) is 2.22. The van der Waals surface area contributed by atoms with Crippen molar-refractivity contribution in [1.29, 1.82) is 5.26 Å².